The van der Waals surface area contributed by atoms with E-state index in [1.807, 2.05) is 26.8 Å². The first-order valence-corrected chi connectivity index (χ1v) is 6.91. The molecule has 0 bridgehead atoms. The van der Waals surface area contributed by atoms with E-state index in [1.54, 1.807) is 0 Å². The van der Waals surface area contributed by atoms with Gasteiger partial charge in [0.1, 0.15) is 11.5 Å². The second kappa shape index (κ2) is 5.74. The zero-order valence-corrected chi connectivity index (χ0v) is 12.0. The average Bonchev–Trinajstić information content (AvgIpc) is 2.82. The molecule has 2 N–H and O–H groups in total. The topological polar surface area (TPSA) is 67.2 Å². The SMILES string of the molecule is Cc1cc(CNC(=O)C(C)(C)C2CCCNC2)no1. The van der Waals surface area contributed by atoms with Crippen LogP contribution >= 0.6 is 0 Å². The van der Waals surface area contributed by atoms with Crippen molar-refractivity contribution < 1.29 is 9.32 Å². The third kappa shape index (κ3) is 3.35. The normalized spacial score (nSPS) is 20.3. The fourth-order valence-corrected chi connectivity index (χ4v) is 2.55. The third-order valence-corrected chi connectivity index (χ3v) is 4.01. The molecule has 0 radical (unpaired) electrons. The molecule has 0 saturated carbocycles. The highest BCUT2D eigenvalue weighted by atomic mass is 16.5. The molecule has 0 aromatic carbocycles. The van der Waals surface area contributed by atoms with Crippen molar-refractivity contribution >= 4 is 5.91 Å². The van der Waals surface area contributed by atoms with E-state index < -0.39 is 0 Å². The van der Waals surface area contributed by atoms with E-state index in [-0.39, 0.29) is 11.3 Å². The minimum Gasteiger partial charge on any atom is -0.361 e. The zero-order valence-electron chi connectivity index (χ0n) is 12.0. The van der Waals surface area contributed by atoms with Crippen molar-refractivity contribution in [1.29, 1.82) is 0 Å². The van der Waals surface area contributed by atoms with E-state index in [1.165, 1.54) is 0 Å². The van der Waals surface area contributed by atoms with Crippen molar-refractivity contribution in [3.8, 4) is 0 Å². The van der Waals surface area contributed by atoms with E-state index >= 15 is 0 Å². The summed E-state index contributed by atoms with van der Waals surface area (Å²) in [6, 6.07) is 1.84. The molecule has 0 aliphatic carbocycles. The van der Waals surface area contributed by atoms with Gasteiger partial charge in [-0.05, 0) is 38.8 Å². The minimum atomic E-state index is -0.355. The van der Waals surface area contributed by atoms with Crippen LogP contribution < -0.4 is 10.6 Å². The number of carbonyl (C=O) groups is 1. The number of aromatic nitrogens is 1. The van der Waals surface area contributed by atoms with E-state index in [4.69, 9.17) is 4.52 Å². The van der Waals surface area contributed by atoms with Crippen molar-refractivity contribution in [3.63, 3.8) is 0 Å². The monoisotopic (exact) mass is 265 g/mol. The molecule has 1 amide bonds. The Morgan fingerprint density at radius 3 is 3.00 bits per heavy atom. The molecule has 1 aromatic heterocycles. The van der Waals surface area contributed by atoms with Gasteiger partial charge in [0.15, 0.2) is 0 Å². The second-order valence-electron chi connectivity index (χ2n) is 5.88. The van der Waals surface area contributed by atoms with Gasteiger partial charge in [-0.25, -0.2) is 0 Å². The first-order valence-electron chi connectivity index (χ1n) is 6.91. The van der Waals surface area contributed by atoms with E-state index in [0.29, 0.717) is 12.5 Å². The van der Waals surface area contributed by atoms with Gasteiger partial charge < -0.3 is 15.2 Å². The summed E-state index contributed by atoms with van der Waals surface area (Å²) in [6.45, 7) is 8.30. The van der Waals surface area contributed by atoms with Crippen LogP contribution in [0.3, 0.4) is 0 Å². The zero-order chi connectivity index (χ0) is 13.9. The van der Waals surface area contributed by atoms with Gasteiger partial charge in [-0.2, -0.15) is 0 Å². The highest BCUT2D eigenvalue weighted by molar-refractivity contribution is 5.82. The van der Waals surface area contributed by atoms with Gasteiger partial charge in [-0.1, -0.05) is 19.0 Å². The minimum absolute atomic E-state index is 0.0850. The first kappa shape index (κ1) is 14.1. The summed E-state index contributed by atoms with van der Waals surface area (Å²) < 4.78 is 4.99. The maximum absolute atomic E-state index is 12.3. The predicted octanol–water partition coefficient (Wildman–Crippen LogP) is 1.63. The molecule has 1 unspecified atom stereocenters. The van der Waals surface area contributed by atoms with Gasteiger partial charge in [0.2, 0.25) is 5.91 Å². The van der Waals surface area contributed by atoms with E-state index in [0.717, 1.165) is 37.4 Å². The number of amides is 1. The quantitative estimate of drug-likeness (QED) is 0.868. The van der Waals surface area contributed by atoms with Crippen LogP contribution in [0.1, 0.15) is 38.1 Å². The number of rotatable bonds is 4. The van der Waals surface area contributed by atoms with Crippen molar-refractivity contribution in [3.05, 3.63) is 17.5 Å². The summed E-state index contributed by atoms with van der Waals surface area (Å²) in [7, 11) is 0. The lowest BCUT2D eigenvalue weighted by molar-refractivity contribution is -0.132. The van der Waals surface area contributed by atoms with Gasteiger partial charge in [0, 0.05) is 11.5 Å². The number of aryl methyl sites for hydroxylation is 1. The smallest absolute Gasteiger partial charge is 0.226 e. The Morgan fingerprint density at radius 2 is 2.42 bits per heavy atom. The molecule has 5 nitrogen and oxygen atoms in total. The molecule has 1 aliphatic heterocycles. The molecule has 1 aromatic rings. The fraction of sp³-hybridized carbons (Fsp3) is 0.714. The molecule has 2 rings (SSSR count). The van der Waals surface area contributed by atoms with Crippen LogP contribution in [0.4, 0.5) is 0 Å². The van der Waals surface area contributed by atoms with Crippen LogP contribution in [0.25, 0.3) is 0 Å². The van der Waals surface area contributed by atoms with Crippen LogP contribution in [0.5, 0.6) is 0 Å². The maximum atomic E-state index is 12.3. The Kier molecular flexibility index (Phi) is 4.24. The molecular formula is C14H23N3O2. The van der Waals surface area contributed by atoms with Crippen LogP contribution in [-0.2, 0) is 11.3 Å². The summed E-state index contributed by atoms with van der Waals surface area (Å²) in [5.74, 6) is 1.24. The van der Waals surface area contributed by atoms with Crippen LogP contribution in [0, 0.1) is 18.3 Å². The first-order chi connectivity index (χ1) is 9.00. The van der Waals surface area contributed by atoms with E-state index in [9.17, 15) is 4.79 Å². The number of hydrogen-bond donors (Lipinski definition) is 2. The maximum Gasteiger partial charge on any atom is 0.226 e. The summed E-state index contributed by atoms with van der Waals surface area (Å²) >= 11 is 0. The van der Waals surface area contributed by atoms with Gasteiger partial charge in [0.25, 0.3) is 0 Å². The number of nitrogens with zero attached hydrogens (tertiary/aromatic N) is 1. The van der Waals surface area contributed by atoms with Crippen LogP contribution in [0.2, 0.25) is 0 Å². The molecular weight excluding hydrogens is 242 g/mol. The molecule has 0 spiro atoms. The lowest BCUT2D eigenvalue weighted by atomic mass is 9.74. The Morgan fingerprint density at radius 1 is 1.63 bits per heavy atom. The number of hydrogen-bond acceptors (Lipinski definition) is 4. The van der Waals surface area contributed by atoms with Crippen molar-refractivity contribution in [2.75, 3.05) is 13.1 Å². The Labute approximate surface area is 114 Å². The summed E-state index contributed by atoms with van der Waals surface area (Å²) in [6.07, 6.45) is 2.25. The predicted molar refractivity (Wildman–Crippen MR) is 72.5 cm³/mol. The molecule has 2 heterocycles. The van der Waals surface area contributed by atoms with Crippen molar-refractivity contribution in [2.24, 2.45) is 11.3 Å². The van der Waals surface area contributed by atoms with Crippen LogP contribution in [0.15, 0.2) is 10.6 Å². The number of nitrogens with one attached hydrogen (secondary N) is 2. The van der Waals surface area contributed by atoms with E-state index in [2.05, 4.69) is 15.8 Å². The lowest BCUT2D eigenvalue weighted by Crippen LogP contribution is -2.47. The van der Waals surface area contributed by atoms with Gasteiger partial charge >= 0.3 is 0 Å². The summed E-state index contributed by atoms with van der Waals surface area (Å²) in [5.41, 5.74) is 0.412. The van der Waals surface area contributed by atoms with Crippen LogP contribution in [-0.4, -0.2) is 24.2 Å². The summed E-state index contributed by atoms with van der Waals surface area (Å²) in [5, 5.41) is 10.2. The fourth-order valence-electron chi connectivity index (χ4n) is 2.55. The molecule has 1 aliphatic rings. The molecule has 106 valence electrons. The molecule has 1 atom stereocenters. The summed E-state index contributed by atoms with van der Waals surface area (Å²) in [4.78, 5) is 12.3. The average molecular weight is 265 g/mol. The Hall–Kier alpha value is -1.36. The molecule has 1 fully saturated rings. The van der Waals surface area contributed by atoms with Gasteiger partial charge in [0.05, 0.1) is 6.54 Å². The highest BCUT2D eigenvalue weighted by Gasteiger charge is 2.37. The lowest BCUT2D eigenvalue weighted by Gasteiger charge is -2.35. The molecule has 5 heteroatoms. The Bertz CT molecular complexity index is 434. The van der Waals surface area contributed by atoms with Crippen molar-refractivity contribution in [1.82, 2.24) is 15.8 Å². The standard InChI is InChI=1S/C14H23N3O2/c1-10-7-12(17-19-10)9-16-13(18)14(2,3)11-5-4-6-15-8-11/h7,11,15H,4-6,8-9H2,1-3H3,(H,16,18). The molecule has 1 saturated heterocycles. The van der Waals surface area contributed by atoms with Gasteiger partial charge in [-0.15, -0.1) is 0 Å². The number of piperidine rings is 1. The molecule has 19 heavy (non-hydrogen) atoms. The highest BCUT2D eigenvalue weighted by Crippen LogP contribution is 2.31. The third-order valence-electron chi connectivity index (χ3n) is 4.01. The van der Waals surface area contributed by atoms with Crippen molar-refractivity contribution in [2.45, 2.75) is 40.2 Å². The second-order valence-corrected chi connectivity index (χ2v) is 5.88. The van der Waals surface area contributed by atoms with Gasteiger partial charge in [-0.3, -0.25) is 4.79 Å². The number of carbonyl (C=O) groups excluding carboxylic acids is 1. The largest absolute Gasteiger partial charge is 0.361 e. The Balaban J connectivity index is 1.90.